The highest BCUT2D eigenvalue weighted by Crippen LogP contribution is 2.35. The van der Waals surface area contributed by atoms with Gasteiger partial charge in [0, 0.05) is 29.8 Å². The van der Waals surface area contributed by atoms with Crippen LogP contribution in [0.4, 0.5) is 5.69 Å². The molecule has 5 rings (SSSR count). The van der Waals surface area contributed by atoms with E-state index in [-0.39, 0.29) is 19.4 Å². The topological polar surface area (TPSA) is 248 Å². The fraction of sp³-hybridized carbons (Fsp3) is 0.640. The van der Waals surface area contributed by atoms with Crippen LogP contribution in [-0.2, 0) is 30.3 Å². The predicted octanol–water partition coefficient (Wildman–Crippen LogP) is -4.52. The van der Waals surface area contributed by atoms with Crippen LogP contribution in [0, 0.1) is 0 Å². The van der Waals surface area contributed by atoms with E-state index in [0.29, 0.717) is 16.8 Å². The molecule has 0 aliphatic carbocycles. The maximum absolute atomic E-state index is 13.1. The maximum atomic E-state index is 13.1. The standard InChI is InChI=1S/C25H33N3O13/c29-7-13-16(32)17(33)20(36)25(40-13)41-21-14(8-30)39-23(19(35)18(21)34)26-11-3-1-2-9-10(11)6-28(24(9)38)12-4-5-15(31)27-22(12)37/h1-3,12-14,16-21,23,25-26,29-30,32-36H,4-8H2,(H,27,31,37)/t12?,13-,14-,16+,17-,18?,19-,20-,21-,23-,25+/m1/s1. The molecule has 16 heteroatoms. The van der Waals surface area contributed by atoms with Gasteiger partial charge in [-0.3, -0.25) is 19.7 Å². The van der Waals surface area contributed by atoms with Crippen molar-refractivity contribution >= 4 is 23.4 Å². The Kier molecular flexibility index (Phi) is 8.58. The fourth-order valence-electron chi connectivity index (χ4n) is 5.58. The summed E-state index contributed by atoms with van der Waals surface area (Å²) >= 11 is 0. The Morgan fingerprint density at radius 3 is 2.34 bits per heavy atom. The Hall–Kier alpha value is -2.77. The van der Waals surface area contributed by atoms with Crippen molar-refractivity contribution < 1.29 is 64.3 Å². The van der Waals surface area contributed by atoms with E-state index in [9.17, 15) is 50.1 Å². The normalized spacial score (nSPS) is 39.4. The molecular weight excluding hydrogens is 550 g/mol. The summed E-state index contributed by atoms with van der Waals surface area (Å²) in [4.78, 5) is 38.4. The van der Waals surface area contributed by atoms with E-state index in [1.54, 1.807) is 18.2 Å². The number of benzene rings is 1. The van der Waals surface area contributed by atoms with E-state index in [1.807, 2.05) is 0 Å². The third-order valence-corrected chi connectivity index (χ3v) is 7.88. The van der Waals surface area contributed by atoms with Crippen molar-refractivity contribution in [3.05, 3.63) is 29.3 Å². The highest BCUT2D eigenvalue weighted by molar-refractivity contribution is 6.06. The van der Waals surface area contributed by atoms with Crippen LogP contribution in [-0.4, -0.2) is 139 Å². The molecule has 41 heavy (non-hydrogen) atoms. The lowest BCUT2D eigenvalue weighted by atomic mass is 9.96. The number of hydrogen-bond acceptors (Lipinski definition) is 14. The molecule has 3 amide bonds. The fourth-order valence-corrected chi connectivity index (χ4v) is 5.58. The lowest BCUT2D eigenvalue weighted by Crippen LogP contribution is -2.65. The number of imide groups is 1. The van der Waals surface area contributed by atoms with Gasteiger partial charge in [-0.05, 0) is 18.6 Å². The summed E-state index contributed by atoms with van der Waals surface area (Å²) < 4.78 is 16.7. The number of carbonyl (C=O) groups excluding carboxylic acids is 3. The number of aliphatic hydroxyl groups is 7. The van der Waals surface area contributed by atoms with Crippen molar-refractivity contribution in [2.24, 2.45) is 0 Å². The van der Waals surface area contributed by atoms with Gasteiger partial charge in [0.05, 0.1) is 13.2 Å². The molecular formula is C25H33N3O13. The number of rotatable bonds is 7. The van der Waals surface area contributed by atoms with Crippen molar-refractivity contribution in [2.45, 2.75) is 86.8 Å². The van der Waals surface area contributed by atoms with Gasteiger partial charge in [-0.25, -0.2) is 0 Å². The summed E-state index contributed by atoms with van der Waals surface area (Å²) in [7, 11) is 0. The highest BCUT2D eigenvalue weighted by Gasteiger charge is 2.51. The molecule has 0 spiro atoms. The van der Waals surface area contributed by atoms with Gasteiger partial charge in [0.1, 0.15) is 54.9 Å². The monoisotopic (exact) mass is 583 g/mol. The van der Waals surface area contributed by atoms with Crippen molar-refractivity contribution in [2.75, 3.05) is 18.5 Å². The Labute approximate surface area is 233 Å². The minimum atomic E-state index is -1.79. The number of hydrogen-bond donors (Lipinski definition) is 9. The second-order valence-corrected chi connectivity index (χ2v) is 10.4. The van der Waals surface area contributed by atoms with Gasteiger partial charge in [-0.1, -0.05) is 6.07 Å². The number of piperidine rings is 1. The molecule has 1 aromatic rings. The molecule has 0 aromatic heterocycles. The minimum Gasteiger partial charge on any atom is -0.394 e. The summed E-state index contributed by atoms with van der Waals surface area (Å²) in [6.07, 6.45) is -15.3. The SMILES string of the molecule is O=C1CCC(N2Cc3c(N[C@@H]4O[C@H](CO)[C@@H](O[C@@H]5O[C@H](CO)[C@H](O)[C@@H](O)[C@H]5O)C(O)[C@H]4O)cccc3C2=O)C(=O)N1. The van der Waals surface area contributed by atoms with Gasteiger partial charge in [-0.15, -0.1) is 0 Å². The average molecular weight is 584 g/mol. The zero-order valence-corrected chi connectivity index (χ0v) is 21.6. The third kappa shape index (κ3) is 5.43. The molecule has 1 aromatic carbocycles. The lowest BCUT2D eigenvalue weighted by molar-refractivity contribution is -0.340. The maximum Gasteiger partial charge on any atom is 0.255 e. The molecule has 0 radical (unpaired) electrons. The zero-order chi connectivity index (χ0) is 29.6. The van der Waals surface area contributed by atoms with Crippen LogP contribution < -0.4 is 10.6 Å². The Balaban J connectivity index is 1.30. The van der Waals surface area contributed by atoms with Crippen LogP contribution in [0.25, 0.3) is 0 Å². The van der Waals surface area contributed by atoms with Crippen molar-refractivity contribution in [3.8, 4) is 0 Å². The van der Waals surface area contributed by atoms with E-state index in [0.717, 1.165) is 0 Å². The van der Waals surface area contributed by atoms with Gasteiger partial charge in [0.25, 0.3) is 5.91 Å². The Morgan fingerprint density at radius 1 is 0.927 bits per heavy atom. The van der Waals surface area contributed by atoms with E-state index in [2.05, 4.69) is 10.6 Å². The van der Waals surface area contributed by atoms with Crippen LogP contribution in [0.15, 0.2) is 18.2 Å². The van der Waals surface area contributed by atoms with Crippen LogP contribution in [0.3, 0.4) is 0 Å². The Morgan fingerprint density at radius 2 is 1.66 bits per heavy atom. The second kappa shape index (κ2) is 11.8. The van der Waals surface area contributed by atoms with Gasteiger partial charge in [0.15, 0.2) is 12.5 Å². The van der Waals surface area contributed by atoms with E-state index in [1.165, 1.54) is 4.90 Å². The molecule has 4 aliphatic rings. The van der Waals surface area contributed by atoms with Crippen molar-refractivity contribution in [3.63, 3.8) is 0 Å². The number of nitrogens with zero attached hydrogens (tertiary/aromatic N) is 1. The number of carbonyl (C=O) groups is 3. The molecule has 0 saturated carbocycles. The molecule has 11 atom stereocenters. The summed E-state index contributed by atoms with van der Waals surface area (Å²) in [5.41, 5.74) is 1.15. The minimum absolute atomic E-state index is 0.0290. The van der Waals surface area contributed by atoms with Crippen molar-refractivity contribution in [1.82, 2.24) is 10.2 Å². The quantitative estimate of drug-likeness (QED) is 0.137. The summed E-state index contributed by atoms with van der Waals surface area (Å²) in [6, 6.07) is 3.92. The van der Waals surface area contributed by atoms with Gasteiger partial charge >= 0.3 is 0 Å². The molecule has 3 fully saturated rings. The largest absolute Gasteiger partial charge is 0.394 e. The summed E-state index contributed by atoms with van der Waals surface area (Å²) in [6.45, 7) is -1.39. The van der Waals surface area contributed by atoms with Gasteiger partial charge < -0.3 is 60.2 Å². The summed E-state index contributed by atoms with van der Waals surface area (Å²) in [5, 5.41) is 76.6. The Bertz CT molecular complexity index is 1170. The van der Waals surface area contributed by atoms with Crippen LogP contribution in [0.5, 0.6) is 0 Å². The molecule has 4 aliphatic heterocycles. The number of aliphatic hydroxyl groups excluding tert-OH is 7. The van der Waals surface area contributed by atoms with Crippen LogP contribution in [0.1, 0.15) is 28.8 Å². The predicted molar refractivity (Wildman–Crippen MR) is 133 cm³/mol. The van der Waals surface area contributed by atoms with Crippen LogP contribution in [0.2, 0.25) is 0 Å². The number of nitrogens with one attached hydrogen (secondary N) is 2. The smallest absolute Gasteiger partial charge is 0.255 e. The zero-order valence-electron chi connectivity index (χ0n) is 21.6. The number of fused-ring (bicyclic) bond motifs is 1. The number of anilines is 1. The first-order chi connectivity index (χ1) is 19.5. The van der Waals surface area contributed by atoms with E-state index < -0.39 is 98.3 Å². The molecule has 226 valence electrons. The first-order valence-corrected chi connectivity index (χ1v) is 13.2. The third-order valence-electron chi connectivity index (χ3n) is 7.88. The first-order valence-electron chi connectivity index (χ1n) is 13.2. The molecule has 4 heterocycles. The first kappa shape index (κ1) is 29.7. The van der Waals surface area contributed by atoms with Gasteiger partial charge in [0.2, 0.25) is 11.8 Å². The number of amides is 3. The molecule has 2 unspecified atom stereocenters. The van der Waals surface area contributed by atoms with Gasteiger partial charge in [-0.2, -0.15) is 0 Å². The van der Waals surface area contributed by atoms with Crippen LogP contribution >= 0.6 is 0 Å². The number of ether oxygens (including phenoxy) is 3. The lowest BCUT2D eigenvalue weighted by Gasteiger charge is -2.46. The summed E-state index contributed by atoms with van der Waals surface area (Å²) in [5.74, 6) is -1.39. The molecule has 9 N–H and O–H groups in total. The van der Waals surface area contributed by atoms with E-state index >= 15 is 0 Å². The highest BCUT2D eigenvalue weighted by atomic mass is 16.7. The molecule has 3 saturated heterocycles. The second-order valence-electron chi connectivity index (χ2n) is 10.4. The van der Waals surface area contributed by atoms with Crippen molar-refractivity contribution in [1.29, 1.82) is 0 Å². The molecule has 16 nitrogen and oxygen atoms in total. The average Bonchev–Trinajstić information content (AvgIpc) is 3.29. The molecule has 0 bridgehead atoms. The van der Waals surface area contributed by atoms with E-state index in [4.69, 9.17) is 14.2 Å².